The van der Waals surface area contributed by atoms with Crippen LogP contribution in [0.25, 0.3) is 0 Å². The molecule has 0 saturated carbocycles. The summed E-state index contributed by atoms with van der Waals surface area (Å²) in [5, 5.41) is 0. The molecule has 1 aromatic carbocycles. The Labute approximate surface area is 118 Å². The van der Waals surface area contributed by atoms with Crippen LogP contribution in [0.5, 0.6) is 5.75 Å². The molecule has 1 amide bonds. The second kappa shape index (κ2) is 7.37. The third kappa shape index (κ3) is 4.15. The molecule has 0 aliphatic heterocycles. The number of anilines is 1. The summed E-state index contributed by atoms with van der Waals surface area (Å²) in [7, 11) is 1.64. The molecule has 1 aromatic rings. The van der Waals surface area contributed by atoms with Gasteiger partial charge in [0, 0.05) is 13.6 Å². The van der Waals surface area contributed by atoms with Crippen LogP contribution >= 0.6 is 0 Å². The molecule has 0 atom stereocenters. The number of nitrogens with two attached hydrogens (primary N) is 1. The largest absolute Gasteiger partial charge is 0.492 e. The van der Waals surface area contributed by atoms with E-state index in [-0.39, 0.29) is 18.1 Å². The molecule has 6 nitrogen and oxygen atoms in total. The quantitative estimate of drug-likeness (QED) is 0.627. The fourth-order valence-corrected chi connectivity index (χ4v) is 1.46. The minimum Gasteiger partial charge on any atom is -0.492 e. The summed E-state index contributed by atoms with van der Waals surface area (Å²) < 4.78 is 10.2. The zero-order valence-corrected chi connectivity index (χ0v) is 12.0. The monoisotopic (exact) mass is 280 g/mol. The fourth-order valence-electron chi connectivity index (χ4n) is 1.46. The zero-order valence-electron chi connectivity index (χ0n) is 12.0. The van der Waals surface area contributed by atoms with Crippen molar-refractivity contribution in [1.82, 2.24) is 4.90 Å². The van der Waals surface area contributed by atoms with Crippen molar-refractivity contribution in [3.8, 4) is 5.75 Å². The summed E-state index contributed by atoms with van der Waals surface area (Å²) in [6.45, 7) is 4.46. The van der Waals surface area contributed by atoms with Gasteiger partial charge in [0.15, 0.2) is 6.61 Å². The number of nitrogen functional groups attached to an aromatic ring is 1. The Balaban J connectivity index is 2.64. The molecule has 0 aromatic heterocycles. The number of carbonyl (C=O) groups excluding carboxylic acids is 2. The summed E-state index contributed by atoms with van der Waals surface area (Å²) in [5.74, 6) is -0.316. The molecule has 0 fully saturated rings. The third-order valence-electron chi connectivity index (χ3n) is 2.77. The Morgan fingerprint density at radius 3 is 2.55 bits per heavy atom. The lowest BCUT2D eigenvalue weighted by atomic mass is 10.2. The topological polar surface area (TPSA) is 81.9 Å². The molecular formula is C14H20N2O4. The van der Waals surface area contributed by atoms with E-state index in [0.29, 0.717) is 24.6 Å². The van der Waals surface area contributed by atoms with Gasteiger partial charge in [-0.25, -0.2) is 4.79 Å². The lowest BCUT2D eigenvalue weighted by Crippen LogP contribution is -2.30. The van der Waals surface area contributed by atoms with Crippen molar-refractivity contribution >= 4 is 17.6 Å². The van der Waals surface area contributed by atoms with E-state index >= 15 is 0 Å². The maximum absolute atomic E-state index is 11.8. The van der Waals surface area contributed by atoms with Gasteiger partial charge in [0.1, 0.15) is 5.75 Å². The van der Waals surface area contributed by atoms with Crippen LogP contribution in [0, 0.1) is 0 Å². The Morgan fingerprint density at radius 1 is 1.30 bits per heavy atom. The summed E-state index contributed by atoms with van der Waals surface area (Å²) >= 11 is 0. The van der Waals surface area contributed by atoms with E-state index in [0.717, 1.165) is 0 Å². The van der Waals surface area contributed by atoms with E-state index < -0.39 is 5.97 Å². The highest BCUT2D eigenvalue weighted by molar-refractivity contribution is 5.92. The molecule has 0 heterocycles. The molecule has 110 valence electrons. The third-order valence-corrected chi connectivity index (χ3v) is 2.77. The smallest absolute Gasteiger partial charge is 0.338 e. The summed E-state index contributed by atoms with van der Waals surface area (Å²) in [4.78, 5) is 24.8. The number of likely N-dealkylation sites (N-methyl/N-ethyl adjacent to an activating group) is 1. The number of ether oxygens (including phenoxy) is 2. The normalized spacial score (nSPS) is 9.95. The standard InChI is InChI=1S/C14H20N2O4/c1-4-16(3)13(17)9-20-14(18)10-6-7-12(19-5-2)11(15)8-10/h6-8H,4-5,9,15H2,1-3H3. The zero-order chi connectivity index (χ0) is 15.1. The van der Waals surface area contributed by atoms with E-state index in [1.54, 1.807) is 19.2 Å². The van der Waals surface area contributed by atoms with Crippen LogP contribution in [0.3, 0.4) is 0 Å². The summed E-state index contributed by atoms with van der Waals surface area (Å²) in [5.41, 5.74) is 6.41. The molecule has 0 aliphatic rings. The average Bonchev–Trinajstić information content (AvgIpc) is 2.45. The molecule has 0 bridgehead atoms. The molecule has 20 heavy (non-hydrogen) atoms. The number of hydrogen-bond acceptors (Lipinski definition) is 5. The SMILES string of the molecule is CCOc1ccc(C(=O)OCC(=O)N(C)CC)cc1N. The second-order valence-corrected chi connectivity index (χ2v) is 4.17. The van der Waals surface area contributed by atoms with Gasteiger partial charge >= 0.3 is 5.97 Å². The van der Waals surface area contributed by atoms with Crippen LogP contribution in [-0.4, -0.2) is 43.6 Å². The predicted octanol–water partition coefficient (Wildman–Crippen LogP) is 1.30. The van der Waals surface area contributed by atoms with Crippen molar-refractivity contribution in [3.63, 3.8) is 0 Å². The average molecular weight is 280 g/mol. The second-order valence-electron chi connectivity index (χ2n) is 4.17. The number of carbonyl (C=O) groups is 2. The van der Waals surface area contributed by atoms with Gasteiger partial charge in [-0.05, 0) is 32.0 Å². The highest BCUT2D eigenvalue weighted by Gasteiger charge is 2.13. The number of amides is 1. The number of benzene rings is 1. The van der Waals surface area contributed by atoms with E-state index in [9.17, 15) is 9.59 Å². The maximum Gasteiger partial charge on any atom is 0.338 e. The van der Waals surface area contributed by atoms with Crippen molar-refractivity contribution in [1.29, 1.82) is 0 Å². The van der Waals surface area contributed by atoms with Gasteiger partial charge in [-0.3, -0.25) is 4.79 Å². The number of hydrogen-bond donors (Lipinski definition) is 1. The molecule has 0 spiro atoms. The highest BCUT2D eigenvalue weighted by Crippen LogP contribution is 2.22. The lowest BCUT2D eigenvalue weighted by Gasteiger charge is -2.14. The molecule has 1 rings (SSSR count). The van der Waals surface area contributed by atoms with Gasteiger partial charge in [0.2, 0.25) is 0 Å². The highest BCUT2D eigenvalue weighted by atomic mass is 16.5. The van der Waals surface area contributed by atoms with Crippen LogP contribution in [-0.2, 0) is 9.53 Å². The van der Waals surface area contributed by atoms with Crippen molar-refractivity contribution in [2.45, 2.75) is 13.8 Å². The first-order valence-corrected chi connectivity index (χ1v) is 6.43. The molecule has 2 N–H and O–H groups in total. The van der Waals surface area contributed by atoms with E-state index in [4.69, 9.17) is 15.2 Å². The molecule has 0 aliphatic carbocycles. The molecule has 0 saturated heterocycles. The minimum absolute atomic E-state index is 0.250. The van der Waals surface area contributed by atoms with E-state index in [1.165, 1.54) is 11.0 Å². The first-order valence-electron chi connectivity index (χ1n) is 6.43. The van der Waals surface area contributed by atoms with Crippen LogP contribution in [0.1, 0.15) is 24.2 Å². The molecule has 0 unspecified atom stereocenters. The number of esters is 1. The maximum atomic E-state index is 11.8. The van der Waals surface area contributed by atoms with Crippen molar-refractivity contribution < 1.29 is 19.1 Å². The summed E-state index contributed by atoms with van der Waals surface area (Å²) in [6, 6.07) is 4.63. The van der Waals surface area contributed by atoms with Gasteiger partial charge in [0.05, 0.1) is 17.9 Å². The first-order chi connectivity index (χ1) is 9.49. The molecular weight excluding hydrogens is 260 g/mol. The van der Waals surface area contributed by atoms with Crippen molar-refractivity contribution in [3.05, 3.63) is 23.8 Å². The summed E-state index contributed by atoms with van der Waals surface area (Å²) in [6.07, 6.45) is 0. The minimum atomic E-state index is -0.586. The van der Waals surface area contributed by atoms with Crippen LogP contribution < -0.4 is 10.5 Å². The van der Waals surface area contributed by atoms with Crippen LogP contribution in [0.4, 0.5) is 5.69 Å². The number of rotatable bonds is 6. The molecule has 6 heteroatoms. The van der Waals surface area contributed by atoms with Crippen LogP contribution in [0.2, 0.25) is 0 Å². The fraction of sp³-hybridized carbons (Fsp3) is 0.429. The lowest BCUT2D eigenvalue weighted by molar-refractivity contribution is -0.133. The Hall–Kier alpha value is -2.24. The van der Waals surface area contributed by atoms with Gasteiger partial charge in [-0.1, -0.05) is 0 Å². The van der Waals surface area contributed by atoms with Gasteiger partial charge in [-0.2, -0.15) is 0 Å². The van der Waals surface area contributed by atoms with Crippen LogP contribution in [0.15, 0.2) is 18.2 Å². The molecule has 0 radical (unpaired) electrons. The van der Waals surface area contributed by atoms with Gasteiger partial charge in [-0.15, -0.1) is 0 Å². The van der Waals surface area contributed by atoms with E-state index in [2.05, 4.69) is 0 Å². The Morgan fingerprint density at radius 2 is 2.00 bits per heavy atom. The van der Waals surface area contributed by atoms with Gasteiger partial charge < -0.3 is 20.1 Å². The first kappa shape index (κ1) is 15.8. The van der Waals surface area contributed by atoms with Crippen molar-refractivity contribution in [2.24, 2.45) is 0 Å². The predicted molar refractivity (Wildman–Crippen MR) is 75.6 cm³/mol. The van der Waals surface area contributed by atoms with Gasteiger partial charge in [0.25, 0.3) is 5.91 Å². The Kier molecular flexibility index (Phi) is 5.83. The van der Waals surface area contributed by atoms with Crippen molar-refractivity contribution in [2.75, 3.05) is 32.5 Å². The Bertz CT molecular complexity index is 488. The number of nitrogens with zero attached hydrogens (tertiary/aromatic N) is 1. The van der Waals surface area contributed by atoms with E-state index in [1.807, 2.05) is 13.8 Å².